The van der Waals surface area contributed by atoms with E-state index in [9.17, 15) is 4.79 Å². The minimum Gasteiger partial charge on any atom is -0.272 e. The molecule has 0 saturated heterocycles. The fourth-order valence-corrected chi connectivity index (χ4v) is 0.365. The highest BCUT2D eigenvalue weighted by Crippen LogP contribution is 2.20. The maximum Gasteiger partial charge on any atom is 0.250 e. The third-order valence-corrected chi connectivity index (χ3v) is 1.61. The molecule has 2 nitrogen and oxygen atoms in total. The van der Waals surface area contributed by atoms with E-state index < -0.39 is 0 Å². The highest BCUT2D eigenvalue weighted by Gasteiger charge is 2.23. The molecule has 0 aromatic heterocycles. The van der Waals surface area contributed by atoms with Crippen LogP contribution in [-0.4, -0.2) is 12.6 Å². The first-order valence-electron chi connectivity index (χ1n) is 3.05. The number of nitrogens with zero attached hydrogens (tertiary/aromatic N) is 1. The molecule has 0 aliphatic carbocycles. The van der Waals surface area contributed by atoms with Gasteiger partial charge in [-0.1, -0.05) is 35.6 Å². The van der Waals surface area contributed by atoms with Crippen LogP contribution in [0.3, 0.4) is 0 Å². The number of carbonyl (C=O) groups excluding carboxylic acids is 1. The molecule has 0 saturated carbocycles. The van der Waals surface area contributed by atoms with Gasteiger partial charge in [-0.05, 0) is 13.1 Å². The SMILES string of the molecule is C.C.C=NC(=O)C(C)(C)CC. The summed E-state index contributed by atoms with van der Waals surface area (Å²) >= 11 is 0. The molecule has 1 amide bonds. The summed E-state index contributed by atoms with van der Waals surface area (Å²) in [5.41, 5.74) is -0.318. The second-order valence-corrected chi connectivity index (χ2v) is 2.70. The van der Waals surface area contributed by atoms with Gasteiger partial charge in [-0.25, -0.2) is 4.99 Å². The standard InChI is InChI=1S/C7H13NO.2CH4/c1-5-7(2,3)6(9)8-4;;/h4-5H2,1-3H3;2*1H4. The van der Waals surface area contributed by atoms with Gasteiger partial charge in [-0.3, -0.25) is 4.79 Å². The van der Waals surface area contributed by atoms with Gasteiger partial charge in [-0.15, -0.1) is 0 Å². The summed E-state index contributed by atoms with van der Waals surface area (Å²) in [7, 11) is 0. The largest absolute Gasteiger partial charge is 0.272 e. The highest BCUT2D eigenvalue weighted by molar-refractivity contribution is 5.85. The maximum absolute atomic E-state index is 10.8. The average Bonchev–Trinajstić information content (AvgIpc) is 1.86. The van der Waals surface area contributed by atoms with Gasteiger partial charge in [0.05, 0.1) is 0 Å². The Kier molecular flexibility index (Phi) is 9.25. The van der Waals surface area contributed by atoms with E-state index in [0.717, 1.165) is 6.42 Å². The molecule has 2 heteroatoms. The predicted octanol–water partition coefficient (Wildman–Crippen LogP) is 2.92. The molecule has 0 spiro atoms. The zero-order valence-electron chi connectivity index (χ0n) is 6.27. The fourth-order valence-electron chi connectivity index (χ4n) is 0.365. The average molecular weight is 159 g/mol. The predicted molar refractivity (Wildman–Crippen MR) is 52.1 cm³/mol. The molecule has 0 unspecified atom stereocenters. The first kappa shape index (κ1) is 16.7. The van der Waals surface area contributed by atoms with Gasteiger partial charge >= 0.3 is 0 Å². The summed E-state index contributed by atoms with van der Waals surface area (Å²) < 4.78 is 0. The van der Waals surface area contributed by atoms with Gasteiger partial charge in [0, 0.05) is 5.41 Å². The van der Waals surface area contributed by atoms with Crippen LogP contribution >= 0.6 is 0 Å². The minimum absolute atomic E-state index is 0. The topological polar surface area (TPSA) is 29.4 Å². The molecular formula is C9H21NO. The Bertz CT molecular complexity index is 128. The molecule has 0 fully saturated rings. The number of rotatable bonds is 2. The van der Waals surface area contributed by atoms with Crippen LogP contribution in [0.5, 0.6) is 0 Å². The lowest BCUT2D eigenvalue weighted by Gasteiger charge is -2.16. The van der Waals surface area contributed by atoms with Crippen molar-refractivity contribution >= 4 is 12.6 Å². The molecule has 0 aromatic carbocycles. The van der Waals surface area contributed by atoms with Crippen LogP contribution < -0.4 is 0 Å². The molecule has 11 heavy (non-hydrogen) atoms. The first-order chi connectivity index (χ1) is 4.04. The van der Waals surface area contributed by atoms with Crippen molar-refractivity contribution in [2.45, 2.75) is 42.0 Å². The molecule has 0 N–H and O–H groups in total. The Morgan fingerprint density at radius 2 is 1.82 bits per heavy atom. The van der Waals surface area contributed by atoms with Crippen LogP contribution in [0.15, 0.2) is 4.99 Å². The van der Waals surface area contributed by atoms with Crippen LogP contribution in [0, 0.1) is 5.41 Å². The second-order valence-electron chi connectivity index (χ2n) is 2.70. The smallest absolute Gasteiger partial charge is 0.250 e. The van der Waals surface area contributed by atoms with Crippen LogP contribution in [0.25, 0.3) is 0 Å². The van der Waals surface area contributed by atoms with E-state index in [1.807, 2.05) is 20.8 Å². The number of aliphatic imine (C=N–C) groups is 1. The van der Waals surface area contributed by atoms with Crippen molar-refractivity contribution in [1.82, 2.24) is 0 Å². The molecule has 68 valence electrons. The van der Waals surface area contributed by atoms with E-state index in [4.69, 9.17) is 0 Å². The van der Waals surface area contributed by atoms with Gasteiger partial charge in [-0.2, -0.15) is 0 Å². The van der Waals surface area contributed by atoms with Crippen molar-refractivity contribution in [3.63, 3.8) is 0 Å². The summed E-state index contributed by atoms with van der Waals surface area (Å²) in [6, 6.07) is 0. The molecule has 0 aliphatic rings. The van der Waals surface area contributed by atoms with Crippen LogP contribution in [0.2, 0.25) is 0 Å². The third-order valence-electron chi connectivity index (χ3n) is 1.61. The molecule has 0 aliphatic heterocycles. The molecule has 0 bridgehead atoms. The molecular weight excluding hydrogens is 138 g/mol. The van der Waals surface area contributed by atoms with Gasteiger partial charge in [0.15, 0.2) is 0 Å². The summed E-state index contributed by atoms with van der Waals surface area (Å²) in [6.07, 6.45) is 0.810. The highest BCUT2D eigenvalue weighted by atomic mass is 16.1. The van der Waals surface area contributed by atoms with Crippen molar-refractivity contribution in [2.24, 2.45) is 10.4 Å². The van der Waals surface area contributed by atoms with Gasteiger partial charge in [0.1, 0.15) is 0 Å². The summed E-state index contributed by atoms with van der Waals surface area (Å²) in [6.45, 7) is 8.87. The van der Waals surface area contributed by atoms with Crippen LogP contribution in [0.4, 0.5) is 0 Å². The summed E-state index contributed by atoms with van der Waals surface area (Å²) in [5, 5.41) is 0. The summed E-state index contributed by atoms with van der Waals surface area (Å²) in [4.78, 5) is 14.2. The number of carbonyl (C=O) groups is 1. The van der Waals surface area contributed by atoms with E-state index in [2.05, 4.69) is 11.7 Å². The number of amides is 1. The normalized spacial score (nSPS) is 9.00. The van der Waals surface area contributed by atoms with E-state index >= 15 is 0 Å². The van der Waals surface area contributed by atoms with Crippen molar-refractivity contribution in [3.05, 3.63) is 0 Å². The van der Waals surface area contributed by atoms with Crippen molar-refractivity contribution in [3.8, 4) is 0 Å². The van der Waals surface area contributed by atoms with E-state index in [-0.39, 0.29) is 26.2 Å². The molecule has 0 heterocycles. The summed E-state index contributed by atoms with van der Waals surface area (Å²) in [5.74, 6) is -0.120. The maximum atomic E-state index is 10.8. The second kappa shape index (κ2) is 6.08. The first-order valence-corrected chi connectivity index (χ1v) is 3.05. The van der Waals surface area contributed by atoms with Gasteiger partial charge in [0.2, 0.25) is 0 Å². The Morgan fingerprint density at radius 1 is 1.45 bits per heavy atom. The number of hydrogen-bond acceptors (Lipinski definition) is 1. The number of hydrogen-bond donors (Lipinski definition) is 0. The molecule has 0 aromatic rings. The van der Waals surface area contributed by atoms with Gasteiger partial charge in [0.25, 0.3) is 5.91 Å². The monoisotopic (exact) mass is 159 g/mol. The molecule has 0 atom stereocenters. The lowest BCUT2D eigenvalue weighted by atomic mass is 9.90. The molecule has 0 rings (SSSR count). The van der Waals surface area contributed by atoms with E-state index in [1.54, 1.807) is 0 Å². The van der Waals surface area contributed by atoms with Gasteiger partial charge < -0.3 is 0 Å². The lowest BCUT2D eigenvalue weighted by molar-refractivity contribution is -0.125. The Morgan fingerprint density at radius 3 is 1.91 bits per heavy atom. The van der Waals surface area contributed by atoms with E-state index in [0.29, 0.717) is 0 Å². The lowest BCUT2D eigenvalue weighted by Crippen LogP contribution is -2.20. The van der Waals surface area contributed by atoms with Crippen molar-refractivity contribution in [2.75, 3.05) is 0 Å². The zero-order chi connectivity index (χ0) is 7.49. The third kappa shape index (κ3) is 4.71. The van der Waals surface area contributed by atoms with Crippen molar-refractivity contribution < 1.29 is 4.79 Å². The Hall–Kier alpha value is -0.660. The Labute approximate surface area is 70.7 Å². The fraction of sp³-hybridized carbons (Fsp3) is 0.778. The van der Waals surface area contributed by atoms with Crippen LogP contribution in [-0.2, 0) is 4.79 Å². The van der Waals surface area contributed by atoms with E-state index in [1.165, 1.54) is 0 Å². The van der Waals surface area contributed by atoms with Crippen LogP contribution in [0.1, 0.15) is 42.0 Å². The zero-order valence-corrected chi connectivity index (χ0v) is 6.27. The quantitative estimate of drug-likeness (QED) is 0.570. The Balaban J connectivity index is -0.000000320. The minimum atomic E-state index is -0.318. The molecule has 0 radical (unpaired) electrons. The van der Waals surface area contributed by atoms with Crippen molar-refractivity contribution in [1.29, 1.82) is 0 Å².